The fraction of sp³-hybridized carbons (Fsp3) is 0.400. The van der Waals surface area contributed by atoms with Crippen LogP contribution in [0.25, 0.3) is 22.3 Å². The average Bonchev–Trinajstić information content (AvgIpc) is 2.79. The predicted molar refractivity (Wildman–Crippen MR) is 125 cm³/mol. The van der Waals surface area contributed by atoms with Crippen LogP contribution in [0.5, 0.6) is 0 Å². The molecule has 0 unspecified atom stereocenters. The standard InChI is InChI=1S/C25H28N6O/c1-16(32)21-14-28-23-11-10-22(18-6-9-20(12-26)27-13-18)30-25(23)24(21)29-19-7-4-17(5-8-19)15-31(2)3/h6,9-11,13-14,17,19H,4-5,7-8,15H2,1-3H3,(H,28,29)/t17-,19-. The van der Waals surface area contributed by atoms with E-state index in [2.05, 4.69) is 34.3 Å². The molecule has 3 aromatic heterocycles. The van der Waals surface area contributed by atoms with Gasteiger partial charge < -0.3 is 10.2 Å². The lowest BCUT2D eigenvalue weighted by atomic mass is 9.85. The quantitative estimate of drug-likeness (QED) is 0.585. The summed E-state index contributed by atoms with van der Waals surface area (Å²) in [7, 11) is 4.25. The fourth-order valence-corrected chi connectivity index (χ4v) is 4.46. The van der Waals surface area contributed by atoms with Crippen molar-refractivity contribution in [3.63, 3.8) is 0 Å². The highest BCUT2D eigenvalue weighted by molar-refractivity contribution is 6.06. The number of aromatic nitrogens is 3. The van der Waals surface area contributed by atoms with E-state index in [0.29, 0.717) is 22.8 Å². The van der Waals surface area contributed by atoms with E-state index >= 15 is 0 Å². The van der Waals surface area contributed by atoms with Crippen LogP contribution < -0.4 is 5.32 Å². The smallest absolute Gasteiger partial charge is 0.163 e. The van der Waals surface area contributed by atoms with Crippen LogP contribution in [0.3, 0.4) is 0 Å². The van der Waals surface area contributed by atoms with Crippen molar-refractivity contribution in [3.05, 3.63) is 47.9 Å². The van der Waals surface area contributed by atoms with Gasteiger partial charge in [-0.05, 0) is 76.9 Å². The van der Waals surface area contributed by atoms with Crippen molar-refractivity contribution < 1.29 is 4.79 Å². The molecule has 0 amide bonds. The Morgan fingerprint density at radius 3 is 2.53 bits per heavy atom. The van der Waals surface area contributed by atoms with E-state index in [9.17, 15) is 4.79 Å². The van der Waals surface area contributed by atoms with E-state index < -0.39 is 0 Å². The number of hydrogen-bond acceptors (Lipinski definition) is 7. The van der Waals surface area contributed by atoms with Gasteiger partial charge >= 0.3 is 0 Å². The minimum absolute atomic E-state index is 0.0320. The average molecular weight is 429 g/mol. The first kappa shape index (κ1) is 21.8. The van der Waals surface area contributed by atoms with E-state index in [1.54, 1.807) is 25.4 Å². The first-order valence-corrected chi connectivity index (χ1v) is 11.0. The van der Waals surface area contributed by atoms with Crippen molar-refractivity contribution >= 4 is 22.5 Å². The normalized spacial score (nSPS) is 18.5. The number of anilines is 1. The first-order valence-electron chi connectivity index (χ1n) is 11.0. The molecule has 0 aromatic carbocycles. The van der Waals surface area contributed by atoms with Crippen LogP contribution >= 0.6 is 0 Å². The number of nitrogens with one attached hydrogen (secondary N) is 1. The third-order valence-corrected chi connectivity index (χ3v) is 6.08. The maximum Gasteiger partial charge on any atom is 0.163 e. The molecule has 1 N–H and O–H groups in total. The van der Waals surface area contributed by atoms with E-state index in [0.717, 1.165) is 47.8 Å². The van der Waals surface area contributed by atoms with Crippen LogP contribution in [0.15, 0.2) is 36.7 Å². The Morgan fingerprint density at radius 1 is 1.12 bits per heavy atom. The summed E-state index contributed by atoms with van der Waals surface area (Å²) in [4.78, 5) is 28.1. The Morgan fingerprint density at radius 2 is 1.91 bits per heavy atom. The number of rotatable bonds is 6. The zero-order valence-corrected chi connectivity index (χ0v) is 18.8. The molecule has 0 spiro atoms. The molecule has 3 aromatic rings. The molecule has 0 aliphatic heterocycles. The molecule has 7 heteroatoms. The number of nitrogens with zero attached hydrogens (tertiary/aromatic N) is 5. The summed E-state index contributed by atoms with van der Waals surface area (Å²) in [5.74, 6) is 0.688. The summed E-state index contributed by atoms with van der Waals surface area (Å²) in [6, 6.07) is 9.65. The Hall–Kier alpha value is -3.37. The van der Waals surface area contributed by atoms with Gasteiger partial charge in [-0.2, -0.15) is 5.26 Å². The molecular weight excluding hydrogens is 400 g/mol. The van der Waals surface area contributed by atoms with Crippen molar-refractivity contribution in [3.8, 4) is 17.3 Å². The third-order valence-electron chi connectivity index (χ3n) is 6.08. The van der Waals surface area contributed by atoms with E-state index in [1.165, 1.54) is 12.8 Å². The monoisotopic (exact) mass is 428 g/mol. The van der Waals surface area contributed by atoms with Crippen LogP contribution in [0.4, 0.5) is 5.69 Å². The molecule has 7 nitrogen and oxygen atoms in total. The van der Waals surface area contributed by atoms with Gasteiger partial charge in [-0.1, -0.05) is 0 Å². The second-order valence-corrected chi connectivity index (χ2v) is 8.84. The van der Waals surface area contributed by atoms with Crippen LogP contribution in [-0.2, 0) is 0 Å². The van der Waals surface area contributed by atoms with Gasteiger partial charge in [-0.15, -0.1) is 0 Å². The van der Waals surface area contributed by atoms with Crippen LogP contribution in [0.1, 0.15) is 48.7 Å². The van der Waals surface area contributed by atoms with Crippen LogP contribution in [-0.4, -0.2) is 52.3 Å². The molecule has 0 bridgehead atoms. The number of ketones is 1. The van der Waals surface area contributed by atoms with Crippen LogP contribution in [0.2, 0.25) is 0 Å². The molecular formula is C25H28N6O. The number of pyridine rings is 3. The van der Waals surface area contributed by atoms with E-state index in [-0.39, 0.29) is 5.78 Å². The molecule has 164 valence electrons. The topological polar surface area (TPSA) is 94.8 Å². The maximum absolute atomic E-state index is 12.4. The third kappa shape index (κ3) is 4.76. The second kappa shape index (κ2) is 9.41. The molecule has 0 radical (unpaired) electrons. The van der Waals surface area contributed by atoms with Gasteiger partial charge in [-0.3, -0.25) is 9.78 Å². The molecule has 1 saturated carbocycles. The molecule has 1 aliphatic rings. The van der Waals surface area contributed by atoms with Gasteiger partial charge in [0.1, 0.15) is 17.3 Å². The van der Waals surface area contributed by atoms with Crippen molar-refractivity contribution in [1.82, 2.24) is 19.9 Å². The van der Waals surface area contributed by atoms with Crippen molar-refractivity contribution in [2.24, 2.45) is 5.92 Å². The van der Waals surface area contributed by atoms with Crippen molar-refractivity contribution in [2.45, 2.75) is 38.6 Å². The summed E-state index contributed by atoms with van der Waals surface area (Å²) in [6.45, 7) is 2.68. The molecule has 0 atom stereocenters. The van der Waals surface area contributed by atoms with Crippen molar-refractivity contribution in [2.75, 3.05) is 26.0 Å². The van der Waals surface area contributed by atoms with E-state index in [1.807, 2.05) is 24.3 Å². The van der Waals surface area contributed by atoms with Gasteiger partial charge in [0, 0.05) is 30.5 Å². The highest BCUT2D eigenvalue weighted by Gasteiger charge is 2.24. The largest absolute Gasteiger partial charge is 0.380 e. The zero-order valence-electron chi connectivity index (χ0n) is 18.8. The highest BCUT2D eigenvalue weighted by Crippen LogP contribution is 2.32. The zero-order chi connectivity index (χ0) is 22.7. The number of carbonyl (C=O) groups excluding carboxylic acids is 1. The van der Waals surface area contributed by atoms with Gasteiger partial charge in [-0.25, -0.2) is 9.97 Å². The predicted octanol–water partition coefficient (Wildman–Crippen LogP) is 4.30. The molecule has 32 heavy (non-hydrogen) atoms. The number of fused-ring (bicyclic) bond motifs is 1. The molecule has 4 rings (SSSR count). The number of carbonyl (C=O) groups is 1. The summed E-state index contributed by atoms with van der Waals surface area (Å²) in [5.41, 5.74) is 4.67. The molecule has 0 saturated heterocycles. The first-order chi connectivity index (χ1) is 15.4. The minimum Gasteiger partial charge on any atom is -0.380 e. The second-order valence-electron chi connectivity index (χ2n) is 8.84. The lowest BCUT2D eigenvalue weighted by Gasteiger charge is -2.31. The van der Waals surface area contributed by atoms with Crippen LogP contribution in [0, 0.1) is 17.2 Å². The molecule has 3 heterocycles. The van der Waals surface area contributed by atoms with Gasteiger partial charge in [0.2, 0.25) is 0 Å². The summed E-state index contributed by atoms with van der Waals surface area (Å²) >= 11 is 0. The van der Waals surface area contributed by atoms with Gasteiger partial charge in [0.25, 0.3) is 0 Å². The SMILES string of the molecule is CC(=O)c1cnc2ccc(-c3ccc(C#N)nc3)nc2c1N[C@H]1CC[C@H](CN(C)C)CC1. The summed E-state index contributed by atoms with van der Waals surface area (Å²) < 4.78 is 0. The van der Waals surface area contributed by atoms with Gasteiger partial charge in [0.15, 0.2) is 5.78 Å². The lowest BCUT2D eigenvalue weighted by Crippen LogP contribution is -2.31. The number of Topliss-reactive ketones (excluding diaryl/α,β-unsaturated/α-hetero) is 1. The highest BCUT2D eigenvalue weighted by atomic mass is 16.1. The minimum atomic E-state index is -0.0320. The van der Waals surface area contributed by atoms with Gasteiger partial charge in [0.05, 0.1) is 22.5 Å². The lowest BCUT2D eigenvalue weighted by molar-refractivity contribution is 0.101. The maximum atomic E-state index is 12.4. The summed E-state index contributed by atoms with van der Waals surface area (Å²) in [5, 5.41) is 12.6. The number of nitriles is 1. The molecule has 1 fully saturated rings. The Labute approximate surface area is 188 Å². The number of hydrogen-bond donors (Lipinski definition) is 1. The Bertz CT molecular complexity index is 1160. The van der Waals surface area contributed by atoms with E-state index in [4.69, 9.17) is 10.2 Å². The van der Waals surface area contributed by atoms with Crippen molar-refractivity contribution in [1.29, 1.82) is 5.26 Å². The Kier molecular flexibility index (Phi) is 6.42. The summed E-state index contributed by atoms with van der Waals surface area (Å²) in [6.07, 6.45) is 7.77. The Balaban J connectivity index is 1.67. The molecule has 1 aliphatic carbocycles. The fourth-order valence-electron chi connectivity index (χ4n) is 4.46.